The lowest BCUT2D eigenvalue weighted by Crippen LogP contribution is -2.42. The quantitative estimate of drug-likeness (QED) is 0.735. The average Bonchev–Trinajstić information content (AvgIpc) is 2.96. The number of hydrogen-bond acceptors (Lipinski definition) is 2. The van der Waals surface area contributed by atoms with Gasteiger partial charge in [-0.15, -0.1) is 0 Å². The van der Waals surface area contributed by atoms with Crippen molar-refractivity contribution in [2.45, 2.75) is 65.3 Å². The zero-order valence-corrected chi connectivity index (χ0v) is 14.2. The van der Waals surface area contributed by atoms with Gasteiger partial charge in [-0.1, -0.05) is 20.8 Å². The molecular formula is C18H31NS. The van der Waals surface area contributed by atoms with Crippen molar-refractivity contribution in [2.75, 3.05) is 6.54 Å². The maximum absolute atomic E-state index is 3.81. The van der Waals surface area contributed by atoms with Crippen LogP contribution in [0, 0.1) is 17.8 Å². The van der Waals surface area contributed by atoms with Crippen LogP contribution in [-0.2, 0) is 6.42 Å². The van der Waals surface area contributed by atoms with Crippen LogP contribution in [0.15, 0.2) is 16.8 Å². The monoisotopic (exact) mass is 293 g/mol. The summed E-state index contributed by atoms with van der Waals surface area (Å²) in [6.07, 6.45) is 8.13. The third-order valence-corrected chi connectivity index (χ3v) is 5.74. The first-order chi connectivity index (χ1) is 9.70. The molecule has 0 amide bonds. The minimum absolute atomic E-state index is 0.767. The lowest BCUT2D eigenvalue weighted by atomic mass is 9.72. The lowest BCUT2D eigenvalue weighted by Gasteiger charge is -2.38. The molecule has 1 aliphatic carbocycles. The second kappa shape index (κ2) is 8.19. The summed E-state index contributed by atoms with van der Waals surface area (Å²) in [7, 11) is 0. The topological polar surface area (TPSA) is 12.0 Å². The van der Waals surface area contributed by atoms with Gasteiger partial charge in [0.1, 0.15) is 0 Å². The summed E-state index contributed by atoms with van der Waals surface area (Å²) in [5.74, 6) is 2.68. The van der Waals surface area contributed by atoms with E-state index in [0.717, 1.165) is 23.8 Å². The van der Waals surface area contributed by atoms with E-state index >= 15 is 0 Å². The Morgan fingerprint density at radius 1 is 1.35 bits per heavy atom. The van der Waals surface area contributed by atoms with Crippen molar-refractivity contribution in [1.82, 2.24) is 5.32 Å². The first-order valence-electron chi connectivity index (χ1n) is 8.45. The van der Waals surface area contributed by atoms with Crippen LogP contribution >= 0.6 is 11.3 Å². The highest BCUT2D eigenvalue weighted by Gasteiger charge is 2.31. The summed E-state index contributed by atoms with van der Waals surface area (Å²) < 4.78 is 0. The molecule has 0 spiro atoms. The van der Waals surface area contributed by atoms with E-state index in [1.807, 2.05) is 11.3 Å². The molecule has 3 atom stereocenters. The molecule has 2 heteroatoms. The molecule has 1 aromatic heterocycles. The molecule has 0 saturated heterocycles. The van der Waals surface area contributed by atoms with Crippen molar-refractivity contribution in [1.29, 1.82) is 0 Å². The molecule has 1 nitrogen and oxygen atoms in total. The van der Waals surface area contributed by atoms with Gasteiger partial charge in [-0.25, -0.2) is 0 Å². The Morgan fingerprint density at radius 3 is 2.85 bits per heavy atom. The summed E-state index contributed by atoms with van der Waals surface area (Å²) in [4.78, 5) is 0. The van der Waals surface area contributed by atoms with E-state index < -0.39 is 0 Å². The van der Waals surface area contributed by atoms with Crippen molar-refractivity contribution in [3.8, 4) is 0 Å². The molecule has 0 radical (unpaired) electrons. The van der Waals surface area contributed by atoms with Crippen LogP contribution in [0.2, 0.25) is 0 Å². The predicted octanol–water partition coefficient (Wildman–Crippen LogP) is 5.12. The van der Waals surface area contributed by atoms with Gasteiger partial charge < -0.3 is 5.32 Å². The third kappa shape index (κ3) is 4.60. The van der Waals surface area contributed by atoms with Crippen LogP contribution in [0.25, 0.3) is 0 Å². The van der Waals surface area contributed by atoms with Crippen molar-refractivity contribution in [2.24, 2.45) is 17.8 Å². The molecule has 1 aromatic rings. The number of aryl methyl sites for hydroxylation is 1. The summed E-state index contributed by atoms with van der Waals surface area (Å²) in [5.41, 5.74) is 1.54. The smallest absolute Gasteiger partial charge is 0.00956 e. The standard InChI is InChI=1S/C18H31NS/c1-4-10-19-18-8-7-16(14(2)3)12-17(18)6-5-15-9-11-20-13-15/h9,11,13-14,16-19H,4-8,10,12H2,1-3H3. The minimum Gasteiger partial charge on any atom is -0.314 e. The highest BCUT2D eigenvalue weighted by Crippen LogP contribution is 2.36. The van der Waals surface area contributed by atoms with E-state index in [2.05, 4.69) is 42.9 Å². The largest absolute Gasteiger partial charge is 0.314 e. The first-order valence-corrected chi connectivity index (χ1v) is 9.39. The Hall–Kier alpha value is -0.340. The molecule has 0 aromatic carbocycles. The normalized spacial score (nSPS) is 27.1. The molecule has 114 valence electrons. The van der Waals surface area contributed by atoms with Gasteiger partial charge in [-0.05, 0) is 85.2 Å². The van der Waals surface area contributed by atoms with Crippen molar-refractivity contribution < 1.29 is 0 Å². The second-order valence-corrected chi connectivity index (χ2v) is 7.59. The Kier molecular flexibility index (Phi) is 6.57. The average molecular weight is 294 g/mol. The van der Waals surface area contributed by atoms with Crippen molar-refractivity contribution >= 4 is 11.3 Å². The molecule has 1 N–H and O–H groups in total. The Labute approximate surface area is 129 Å². The molecule has 3 unspecified atom stereocenters. The fraction of sp³-hybridized carbons (Fsp3) is 0.778. The fourth-order valence-electron chi connectivity index (χ4n) is 3.61. The maximum atomic E-state index is 3.81. The molecular weight excluding hydrogens is 262 g/mol. The van der Waals surface area contributed by atoms with E-state index in [0.29, 0.717) is 0 Å². The van der Waals surface area contributed by atoms with E-state index in [9.17, 15) is 0 Å². The summed E-state index contributed by atoms with van der Waals surface area (Å²) in [6, 6.07) is 3.06. The SMILES string of the molecule is CCCNC1CCC(C(C)C)CC1CCc1ccsc1. The molecule has 1 saturated carbocycles. The van der Waals surface area contributed by atoms with E-state index in [1.165, 1.54) is 50.6 Å². The highest BCUT2D eigenvalue weighted by molar-refractivity contribution is 7.07. The van der Waals surface area contributed by atoms with Gasteiger partial charge in [0.15, 0.2) is 0 Å². The molecule has 1 heterocycles. The van der Waals surface area contributed by atoms with Crippen LogP contribution in [0.4, 0.5) is 0 Å². The predicted molar refractivity (Wildman–Crippen MR) is 90.4 cm³/mol. The van der Waals surface area contributed by atoms with Gasteiger partial charge in [0, 0.05) is 6.04 Å². The van der Waals surface area contributed by atoms with Crippen LogP contribution in [0.3, 0.4) is 0 Å². The van der Waals surface area contributed by atoms with Gasteiger partial charge in [0.25, 0.3) is 0 Å². The van der Waals surface area contributed by atoms with Gasteiger partial charge in [-0.2, -0.15) is 11.3 Å². The number of nitrogens with one attached hydrogen (secondary N) is 1. The van der Waals surface area contributed by atoms with Crippen LogP contribution < -0.4 is 5.32 Å². The molecule has 0 aliphatic heterocycles. The van der Waals surface area contributed by atoms with Crippen molar-refractivity contribution in [3.63, 3.8) is 0 Å². The van der Waals surface area contributed by atoms with Crippen LogP contribution in [0.1, 0.15) is 58.4 Å². The molecule has 0 bridgehead atoms. The maximum Gasteiger partial charge on any atom is 0.00956 e. The second-order valence-electron chi connectivity index (χ2n) is 6.81. The zero-order chi connectivity index (χ0) is 14.4. The Morgan fingerprint density at radius 2 is 2.20 bits per heavy atom. The molecule has 1 fully saturated rings. The van der Waals surface area contributed by atoms with Crippen LogP contribution in [-0.4, -0.2) is 12.6 Å². The van der Waals surface area contributed by atoms with E-state index in [-0.39, 0.29) is 0 Å². The lowest BCUT2D eigenvalue weighted by molar-refractivity contribution is 0.161. The molecule has 1 aliphatic rings. The van der Waals surface area contributed by atoms with Gasteiger partial charge in [0.05, 0.1) is 0 Å². The van der Waals surface area contributed by atoms with E-state index in [1.54, 1.807) is 0 Å². The first kappa shape index (κ1) is 16.0. The number of hydrogen-bond donors (Lipinski definition) is 1. The number of thiophene rings is 1. The van der Waals surface area contributed by atoms with Crippen molar-refractivity contribution in [3.05, 3.63) is 22.4 Å². The van der Waals surface area contributed by atoms with Gasteiger partial charge >= 0.3 is 0 Å². The van der Waals surface area contributed by atoms with Crippen LogP contribution in [0.5, 0.6) is 0 Å². The third-order valence-electron chi connectivity index (χ3n) is 5.01. The Balaban J connectivity index is 1.90. The summed E-state index contributed by atoms with van der Waals surface area (Å²) in [6.45, 7) is 8.26. The van der Waals surface area contributed by atoms with Gasteiger partial charge in [0.2, 0.25) is 0 Å². The molecule has 2 rings (SSSR count). The summed E-state index contributed by atoms with van der Waals surface area (Å²) in [5, 5.41) is 8.34. The number of rotatable bonds is 7. The van der Waals surface area contributed by atoms with E-state index in [4.69, 9.17) is 0 Å². The minimum atomic E-state index is 0.767. The fourth-order valence-corrected chi connectivity index (χ4v) is 4.31. The Bertz CT molecular complexity index is 358. The highest BCUT2D eigenvalue weighted by atomic mass is 32.1. The molecule has 20 heavy (non-hydrogen) atoms. The zero-order valence-electron chi connectivity index (χ0n) is 13.4. The summed E-state index contributed by atoms with van der Waals surface area (Å²) >= 11 is 1.83. The van der Waals surface area contributed by atoms with Gasteiger partial charge in [-0.3, -0.25) is 0 Å².